The van der Waals surface area contributed by atoms with Crippen LogP contribution in [0.4, 0.5) is 14.6 Å². The first-order chi connectivity index (χ1) is 5.61. The van der Waals surface area contributed by atoms with E-state index in [1.54, 1.807) is 0 Å². The first-order valence-electron chi connectivity index (χ1n) is 3.36. The first-order valence-corrected chi connectivity index (χ1v) is 4.15. The summed E-state index contributed by atoms with van der Waals surface area (Å²) in [4.78, 5) is 0. The molecule has 0 aliphatic heterocycles. The average Bonchev–Trinajstić information content (AvgIpc) is 2.30. The maximum Gasteiger partial charge on any atom is 0.240 e. The molecule has 12 heavy (non-hydrogen) atoms. The Hall–Kier alpha value is -0.650. The zero-order chi connectivity index (χ0) is 9.14. The van der Waals surface area contributed by atoms with Crippen molar-refractivity contribution in [2.75, 3.05) is 5.73 Å². The van der Waals surface area contributed by atoms with Crippen molar-refractivity contribution in [2.45, 2.75) is 19.4 Å². The Labute approximate surface area is 76.7 Å². The Morgan fingerprint density at radius 1 is 1.67 bits per heavy atom. The van der Waals surface area contributed by atoms with E-state index in [9.17, 15) is 8.78 Å². The summed E-state index contributed by atoms with van der Waals surface area (Å²) in [5.74, 6) is 0.385. The molecule has 0 atom stereocenters. The predicted octanol–water partition coefficient (Wildman–Crippen LogP) is 1.88. The summed E-state index contributed by atoms with van der Waals surface area (Å²) in [6, 6.07) is 0. The van der Waals surface area contributed by atoms with Gasteiger partial charge in [0, 0.05) is 13.0 Å². The van der Waals surface area contributed by atoms with Crippen molar-refractivity contribution in [1.29, 1.82) is 0 Å². The van der Waals surface area contributed by atoms with E-state index in [0.29, 0.717) is 10.3 Å². The number of rotatable bonds is 3. The summed E-state index contributed by atoms with van der Waals surface area (Å²) in [5.41, 5.74) is 5.50. The summed E-state index contributed by atoms with van der Waals surface area (Å²) in [7, 11) is 0. The topological polar surface area (TPSA) is 43.8 Å². The van der Waals surface area contributed by atoms with Gasteiger partial charge in [-0.3, -0.25) is 0 Å². The average molecular weight is 240 g/mol. The Bertz CT molecular complexity index is 261. The molecule has 0 radical (unpaired) electrons. The monoisotopic (exact) mass is 239 g/mol. The van der Waals surface area contributed by atoms with Gasteiger partial charge in [0.2, 0.25) is 6.43 Å². The molecule has 1 heterocycles. The molecule has 1 aromatic rings. The number of aryl methyl sites for hydroxylation is 1. The highest BCUT2D eigenvalue weighted by atomic mass is 79.9. The van der Waals surface area contributed by atoms with Crippen LogP contribution >= 0.6 is 15.9 Å². The molecule has 6 heteroatoms. The van der Waals surface area contributed by atoms with Gasteiger partial charge in [0.05, 0.1) is 10.7 Å². The smallest absolute Gasteiger partial charge is 0.240 e. The van der Waals surface area contributed by atoms with E-state index < -0.39 is 6.43 Å². The van der Waals surface area contributed by atoms with E-state index in [2.05, 4.69) is 21.0 Å². The predicted molar refractivity (Wildman–Crippen MR) is 45.0 cm³/mol. The highest BCUT2D eigenvalue weighted by Crippen LogP contribution is 2.18. The number of nitrogens with zero attached hydrogens (tertiary/aromatic N) is 2. The second kappa shape index (κ2) is 3.84. The van der Waals surface area contributed by atoms with Crippen LogP contribution in [0.15, 0.2) is 10.7 Å². The van der Waals surface area contributed by atoms with E-state index in [1.165, 1.54) is 10.9 Å². The minimum Gasteiger partial charge on any atom is -0.383 e. The van der Waals surface area contributed by atoms with Gasteiger partial charge in [-0.15, -0.1) is 0 Å². The van der Waals surface area contributed by atoms with Gasteiger partial charge in [-0.1, -0.05) is 0 Å². The van der Waals surface area contributed by atoms with Crippen molar-refractivity contribution in [2.24, 2.45) is 0 Å². The molecule has 0 saturated carbocycles. The summed E-state index contributed by atoms with van der Waals surface area (Å²) in [6.07, 6.45) is -1.05. The van der Waals surface area contributed by atoms with Gasteiger partial charge in [-0.25, -0.2) is 13.5 Å². The Balaban J connectivity index is 2.58. The molecule has 1 rings (SSSR count). The lowest BCUT2D eigenvalue weighted by molar-refractivity contribution is 0.130. The van der Waals surface area contributed by atoms with Gasteiger partial charge < -0.3 is 5.73 Å². The number of alkyl halides is 2. The lowest BCUT2D eigenvalue weighted by Gasteiger charge is -2.02. The highest BCUT2D eigenvalue weighted by Gasteiger charge is 2.07. The van der Waals surface area contributed by atoms with Crippen LogP contribution in [0, 0.1) is 0 Å². The SMILES string of the molecule is Nc1c(Br)cnn1CCC(F)F. The molecule has 0 aromatic carbocycles. The fourth-order valence-corrected chi connectivity index (χ4v) is 1.07. The van der Waals surface area contributed by atoms with Crippen LogP contribution in [0.5, 0.6) is 0 Å². The van der Waals surface area contributed by atoms with Crippen LogP contribution in [0.25, 0.3) is 0 Å². The number of halogens is 3. The van der Waals surface area contributed by atoms with Gasteiger partial charge in [-0.2, -0.15) is 5.10 Å². The molecule has 1 aromatic heterocycles. The number of aromatic nitrogens is 2. The number of hydrogen-bond donors (Lipinski definition) is 1. The second-order valence-corrected chi connectivity index (χ2v) is 3.13. The van der Waals surface area contributed by atoms with Crippen molar-refractivity contribution < 1.29 is 8.78 Å². The molecule has 0 bridgehead atoms. The van der Waals surface area contributed by atoms with Gasteiger partial charge in [0.25, 0.3) is 0 Å². The Morgan fingerprint density at radius 3 is 2.75 bits per heavy atom. The molecule has 0 aliphatic rings. The standard InChI is InChI=1S/C6H8BrF2N3/c7-4-3-11-12(6(4)10)2-1-5(8)9/h3,5H,1-2,10H2. The quantitative estimate of drug-likeness (QED) is 0.876. The molecule has 3 nitrogen and oxygen atoms in total. The lowest BCUT2D eigenvalue weighted by atomic mass is 10.4. The summed E-state index contributed by atoms with van der Waals surface area (Å²) in [6.45, 7) is 0.148. The maximum atomic E-state index is 11.8. The molecular weight excluding hydrogens is 232 g/mol. The fourth-order valence-electron chi connectivity index (χ4n) is 0.770. The third-order valence-electron chi connectivity index (χ3n) is 1.39. The minimum absolute atomic E-state index is 0.148. The van der Waals surface area contributed by atoms with Crippen molar-refractivity contribution in [3.05, 3.63) is 10.7 Å². The van der Waals surface area contributed by atoms with Crippen LogP contribution in [0.1, 0.15) is 6.42 Å². The molecule has 68 valence electrons. The van der Waals surface area contributed by atoms with Crippen LogP contribution in [-0.4, -0.2) is 16.2 Å². The second-order valence-electron chi connectivity index (χ2n) is 2.28. The van der Waals surface area contributed by atoms with Crippen molar-refractivity contribution in [3.63, 3.8) is 0 Å². The number of hydrogen-bond acceptors (Lipinski definition) is 2. The zero-order valence-electron chi connectivity index (χ0n) is 6.17. The van der Waals surface area contributed by atoms with E-state index in [1.807, 2.05) is 0 Å². The van der Waals surface area contributed by atoms with Crippen LogP contribution in [-0.2, 0) is 6.54 Å². The van der Waals surface area contributed by atoms with Crippen LogP contribution in [0.3, 0.4) is 0 Å². The molecule has 0 fully saturated rings. The van der Waals surface area contributed by atoms with Crippen molar-refractivity contribution in [3.8, 4) is 0 Å². The largest absolute Gasteiger partial charge is 0.383 e. The molecular formula is C6H8BrF2N3. The van der Waals surface area contributed by atoms with Crippen LogP contribution in [0.2, 0.25) is 0 Å². The van der Waals surface area contributed by atoms with Crippen molar-refractivity contribution >= 4 is 21.7 Å². The first kappa shape index (κ1) is 9.44. The van der Waals surface area contributed by atoms with E-state index >= 15 is 0 Å². The molecule has 2 N–H and O–H groups in total. The summed E-state index contributed by atoms with van der Waals surface area (Å²) >= 11 is 3.13. The van der Waals surface area contributed by atoms with Gasteiger partial charge in [0.15, 0.2) is 0 Å². The molecule has 0 unspecified atom stereocenters. The van der Waals surface area contributed by atoms with E-state index in [4.69, 9.17) is 5.73 Å². The summed E-state index contributed by atoms with van der Waals surface area (Å²) in [5, 5.41) is 3.80. The third-order valence-corrected chi connectivity index (χ3v) is 2.00. The zero-order valence-corrected chi connectivity index (χ0v) is 7.76. The Kier molecular flexibility index (Phi) is 3.02. The number of anilines is 1. The summed E-state index contributed by atoms with van der Waals surface area (Å²) < 4.78 is 25.5. The van der Waals surface area contributed by atoms with E-state index in [0.717, 1.165) is 0 Å². The molecule has 0 aliphatic carbocycles. The fraction of sp³-hybridized carbons (Fsp3) is 0.500. The highest BCUT2D eigenvalue weighted by molar-refractivity contribution is 9.10. The van der Waals surface area contributed by atoms with Gasteiger partial charge >= 0.3 is 0 Å². The lowest BCUT2D eigenvalue weighted by Crippen LogP contribution is -2.07. The normalized spacial score (nSPS) is 11.0. The van der Waals surface area contributed by atoms with Gasteiger partial charge in [-0.05, 0) is 15.9 Å². The minimum atomic E-state index is -2.31. The molecule has 0 amide bonds. The molecule has 0 spiro atoms. The Morgan fingerprint density at radius 2 is 2.33 bits per heavy atom. The molecule has 0 saturated heterocycles. The van der Waals surface area contributed by atoms with Gasteiger partial charge in [0.1, 0.15) is 5.82 Å². The number of nitrogen functional groups attached to an aromatic ring is 1. The number of nitrogens with two attached hydrogens (primary N) is 1. The van der Waals surface area contributed by atoms with Crippen LogP contribution < -0.4 is 5.73 Å². The van der Waals surface area contributed by atoms with Crippen molar-refractivity contribution in [1.82, 2.24) is 9.78 Å². The van der Waals surface area contributed by atoms with E-state index in [-0.39, 0.29) is 13.0 Å². The maximum absolute atomic E-state index is 11.8. The third kappa shape index (κ3) is 2.17.